The van der Waals surface area contributed by atoms with Gasteiger partial charge in [0.05, 0.1) is 26.2 Å². The van der Waals surface area contributed by atoms with Gasteiger partial charge in [-0.25, -0.2) is 4.79 Å². The van der Waals surface area contributed by atoms with Gasteiger partial charge in [-0.1, -0.05) is 12.2 Å². The Balaban J connectivity index is 2.12. The molecule has 0 aromatic heterocycles. The second-order valence-electron chi connectivity index (χ2n) is 4.16. The summed E-state index contributed by atoms with van der Waals surface area (Å²) in [4.78, 5) is 22.8. The van der Waals surface area contributed by atoms with E-state index in [1.165, 1.54) is 14.2 Å². The van der Waals surface area contributed by atoms with Crippen molar-refractivity contribution in [2.24, 2.45) is 17.8 Å². The maximum atomic E-state index is 11.6. The number of hydrogen-bond donors (Lipinski definition) is 1. The van der Waals surface area contributed by atoms with Crippen LogP contribution in [-0.4, -0.2) is 32.3 Å². The Morgan fingerprint density at radius 3 is 2.50 bits per heavy atom. The summed E-state index contributed by atoms with van der Waals surface area (Å²) in [7, 11) is 2.68. The lowest BCUT2D eigenvalue weighted by atomic mass is 9.89. The Kier molecular flexibility index (Phi) is 2.85. The minimum atomic E-state index is -0.500. The van der Waals surface area contributed by atoms with Gasteiger partial charge in [0, 0.05) is 0 Å². The molecule has 0 saturated heterocycles. The first-order valence-electron chi connectivity index (χ1n) is 5.28. The number of hydrogen-bond acceptors (Lipinski definition) is 4. The third kappa shape index (κ3) is 1.66. The standard InChI is InChI=1S/C11H15NO4/c1-15-10(13)8-6-3-4-7(5-6)9(8)12-11(14)16-2/h3-4,6-9H,5H2,1-2H3,(H,12,14)/t6-,7+,8-,9+/m1/s1. The highest BCUT2D eigenvalue weighted by atomic mass is 16.5. The molecule has 0 aromatic carbocycles. The summed E-state index contributed by atoms with van der Waals surface area (Å²) in [5.74, 6) is -0.148. The van der Waals surface area contributed by atoms with E-state index in [1.54, 1.807) is 0 Å². The average molecular weight is 225 g/mol. The third-order valence-electron chi connectivity index (χ3n) is 3.40. The zero-order valence-electron chi connectivity index (χ0n) is 9.30. The van der Waals surface area contributed by atoms with Crippen molar-refractivity contribution in [2.45, 2.75) is 12.5 Å². The second kappa shape index (κ2) is 4.15. The number of amides is 1. The summed E-state index contributed by atoms with van der Waals surface area (Å²) in [6.45, 7) is 0. The Morgan fingerprint density at radius 1 is 1.19 bits per heavy atom. The molecule has 0 aromatic rings. The summed E-state index contributed by atoms with van der Waals surface area (Å²) >= 11 is 0. The van der Waals surface area contributed by atoms with E-state index in [2.05, 4.69) is 10.1 Å². The first kappa shape index (κ1) is 11.0. The Hall–Kier alpha value is -1.52. The maximum absolute atomic E-state index is 11.6. The number of nitrogens with one attached hydrogen (secondary N) is 1. The monoisotopic (exact) mass is 225 g/mol. The fourth-order valence-corrected chi connectivity index (χ4v) is 2.67. The van der Waals surface area contributed by atoms with Gasteiger partial charge >= 0.3 is 12.1 Å². The van der Waals surface area contributed by atoms with E-state index >= 15 is 0 Å². The van der Waals surface area contributed by atoms with Crippen molar-refractivity contribution in [3.63, 3.8) is 0 Å². The van der Waals surface area contributed by atoms with Gasteiger partial charge < -0.3 is 14.8 Å². The molecule has 0 spiro atoms. The van der Waals surface area contributed by atoms with Crippen LogP contribution in [0.15, 0.2) is 12.2 Å². The molecule has 1 saturated carbocycles. The number of carbonyl (C=O) groups excluding carboxylic acids is 2. The van der Waals surface area contributed by atoms with Crippen LogP contribution in [-0.2, 0) is 14.3 Å². The van der Waals surface area contributed by atoms with E-state index < -0.39 is 6.09 Å². The average Bonchev–Trinajstić information content (AvgIpc) is 2.88. The van der Waals surface area contributed by atoms with Gasteiger partial charge in [-0.15, -0.1) is 0 Å². The number of ether oxygens (including phenoxy) is 2. The van der Waals surface area contributed by atoms with Crippen LogP contribution in [0, 0.1) is 17.8 Å². The molecule has 5 nitrogen and oxygen atoms in total. The minimum absolute atomic E-state index is 0.180. The molecule has 1 amide bonds. The van der Waals surface area contributed by atoms with Crippen molar-refractivity contribution < 1.29 is 19.1 Å². The summed E-state index contributed by atoms with van der Waals surface area (Å²) < 4.78 is 9.32. The van der Waals surface area contributed by atoms with E-state index in [-0.39, 0.29) is 29.8 Å². The lowest BCUT2D eigenvalue weighted by molar-refractivity contribution is -0.147. The highest BCUT2D eigenvalue weighted by molar-refractivity contribution is 5.77. The first-order chi connectivity index (χ1) is 7.67. The van der Waals surface area contributed by atoms with Crippen molar-refractivity contribution >= 4 is 12.1 Å². The van der Waals surface area contributed by atoms with E-state index in [1.807, 2.05) is 12.2 Å². The number of carbonyl (C=O) groups is 2. The molecule has 16 heavy (non-hydrogen) atoms. The van der Waals surface area contributed by atoms with E-state index in [0.29, 0.717) is 0 Å². The van der Waals surface area contributed by atoms with Gasteiger partial charge in [-0.3, -0.25) is 4.79 Å². The molecule has 2 bridgehead atoms. The normalized spacial score (nSPS) is 34.9. The van der Waals surface area contributed by atoms with Crippen LogP contribution in [0.2, 0.25) is 0 Å². The molecule has 0 aliphatic heterocycles. The molecule has 2 rings (SSSR count). The van der Waals surface area contributed by atoms with E-state index in [9.17, 15) is 9.59 Å². The lowest BCUT2D eigenvalue weighted by Crippen LogP contribution is -2.46. The van der Waals surface area contributed by atoms with Gasteiger partial charge in [-0.05, 0) is 18.3 Å². The molecule has 1 fully saturated rings. The van der Waals surface area contributed by atoms with Crippen molar-refractivity contribution in [3.05, 3.63) is 12.2 Å². The summed E-state index contributed by atoms with van der Waals surface area (Å²) in [6, 6.07) is -0.199. The van der Waals surface area contributed by atoms with Crippen LogP contribution in [0.5, 0.6) is 0 Å². The molecule has 5 heteroatoms. The fourth-order valence-electron chi connectivity index (χ4n) is 2.67. The predicted molar refractivity (Wildman–Crippen MR) is 55.6 cm³/mol. The molecule has 0 radical (unpaired) electrons. The molecule has 0 heterocycles. The smallest absolute Gasteiger partial charge is 0.407 e. The highest BCUT2D eigenvalue weighted by Gasteiger charge is 2.49. The van der Waals surface area contributed by atoms with Crippen molar-refractivity contribution in [1.82, 2.24) is 5.32 Å². The molecule has 2 aliphatic carbocycles. The van der Waals surface area contributed by atoms with Crippen LogP contribution in [0.4, 0.5) is 4.79 Å². The number of alkyl carbamates (subject to hydrolysis) is 1. The van der Waals surface area contributed by atoms with Crippen molar-refractivity contribution in [2.75, 3.05) is 14.2 Å². The molecule has 0 unspecified atom stereocenters. The minimum Gasteiger partial charge on any atom is -0.469 e. The Bertz CT molecular complexity index is 339. The molecule has 1 N–H and O–H groups in total. The van der Waals surface area contributed by atoms with Crippen LogP contribution in [0.1, 0.15) is 6.42 Å². The van der Waals surface area contributed by atoms with Gasteiger partial charge in [0.25, 0.3) is 0 Å². The second-order valence-corrected chi connectivity index (χ2v) is 4.16. The highest BCUT2D eigenvalue weighted by Crippen LogP contribution is 2.44. The molecule has 2 aliphatic rings. The van der Waals surface area contributed by atoms with Crippen LogP contribution >= 0.6 is 0 Å². The van der Waals surface area contributed by atoms with Crippen LogP contribution in [0.3, 0.4) is 0 Å². The SMILES string of the molecule is COC(=O)N[C@@H]1[C@H](C(=O)OC)[C@@H]2C=C[C@H]1C2. The largest absolute Gasteiger partial charge is 0.469 e. The van der Waals surface area contributed by atoms with Crippen molar-refractivity contribution in [1.29, 1.82) is 0 Å². The van der Waals surface area contributed by atoms with Crippen molar-refractivity contribution in [3.8, 4) is 0 Å². The summed E-state index contributed by atoms with van der Waals surface area (Å²) in [5, 5.41) is 2.71. The fraction of sp³-hybridized carbons (Fsp3) is 0.636. The number of methoxy groups -OCH3 is 2. The number of esters is 1. The van der Waals surface area contributed by atoms with E-state index in [4.69, 9.17) is 4.74 Å². The van der Waals surface area contributed by atoms with Crippen LogP contribution in [0.25, 0.3) is 0 Å². The predicted octanol–water partition coefficient (Wildman–Crippen LogP) is 0.706. The third-order valence-corrected chi connectivity index (χ3v) is 3.40. The molecule has 4 atom stereocenters. The lowest BCUT2D eigenvalue weighted by Gasteiger charge is -2.26. The van der Waals surface area contributed by atoms with Gasteiger partial charge in [0.15, 0.2) is 0 Å². The summed E-state index contributed by atoms with van der Waals surface area (Å²) in [5.41, 5.74) is 0. The number of rotatable bonds is 2. The molecule has 88 valence electrons. The topological polar surface area (TPSA) is 64.6 Å². The van der Waals surface area contributed by atoms with Gasteiger partial charge in [0.1, 0.15) is 0 Å². The first-order valence-corrected chi connectivity index (χ1v) is 5.28. The zero-order chi connectivity index (χ0) is 11.7. The number of allylic oxidation sites excluding steroid dienone is 1. The zero-order valence-corrected chi connectivity index (χ0v) is 9.30. The molecular weight excluding hydrogens is 210 g/mol. The maximum Gasteiger partial charge on any atom is 0.407 e. The van der Waals surface area contributed by atoms with Gasteiger partial charge in [-0.2, -0.15) is 0 Å². The Labute approximate surface area is 93.8 Å². The Morgan fingerprint density at radius 2 is 1.88 bits per heavy atom. The van der Waals surface area contributed by atoms with Crippen LogP contribution < -0.4 is 5.32 Å². The molecular formula is C11H15NO4. The number of fused-ring (bicyclic) bond motifs is 2. The quantitative estimate of drug-likeness (QED) is 0.555. The summed E-state index contributed by atoms with van der Waals surface area (Å²) in [6.07, 6.45) is 4.47. The van der Waals surface area contributed by atoms with Gasteiger partial charge in [0.2, 0.25) is 0 Å². The van der Waals surface area contributed by atoms with E-state index in [0.717, 1.165) is 6.42 Å².